The number of hydrogen-bond acceptors (Lipinski definition) is 4. The SMILES string of the molecule is CCOc1ccc2[nH]c([C@@H]3CC=CC[C@@H]3C(=O)O)nc2n1. The number of aromatic nitrogens is 3. The van der Waals surface area contributed by atoms with E-state index in [4.69, 9.17) is 4.74 Å². The van der Waals surface area contributed by atoms with E-state index in [-0.39, 0.29) is 5.92 Å². The lowest BCUT2D eigenvalue weighted by Crippen LogP contribution is -2.24. The Bertz CT molecular complexity index is 693. The van der Waals surface area contributed by atoms with Crippen molar-refractivity contribution in [2.24, 2.45) is 5.92 Å². The molecule has 0 spiro atoms. The van der Waals surface area contributed by atoms with Crippen LogP contribution in [0.4, 0.5) is 0 Å². The van der Waals surface area contributed by atoms with Gasteiger partial charge >= 0.3 is 5.97 Å². The minimum atomic E-state index is -0.784. The Kier molecular flexibility index (Phi) is 3.60. The zero-order chi connectivity index (χ0) is 14.8. The molecule has 2 heterocycles. The third-order valence-electron chi connectivity index (χ3n) is 3.73. The lowest BCUT2D eigenvalue weighted by molar-refractivity contribution is -0.142. The summed E-state index contributed by atoms with van der Waals surface area (Å²) in [5.74, 6) is -0.156. The molecular weight excluding hydrogens is 270 g/mol. The van der Waals surface area contributed by atoms with Crippen LogP contribution in [0.5, 0.6) is 5.88 Å². The first-order chi connectivity index (χ1) is 10.2. The Balaban J connectivity index is 1.96. The summed E-state index contributed by atoms with van der Waals surface area (Å²) in [6.45, 7) is 2.44. The molecule has 3 rings (SSSR count). The fraction of sp³-hybridized carbons (Fsp3) is 0.400. The number of rotatable bonds is 4. The predicted octanol–water partition coefficient (Wildman–Crippen LogP) is 2.49. The first kappa shape index (κ1) is 13.6. The molecule has 2 atom stereocenters. The van der Waals surface area contributed by atoms with E-state index < -0.39 is 11.9 Å². The molecule has 0 unspecified atom stereocenters. The summed E-state index contributed by atoms with van der Waals surface area (Å²) in [6.07, 6.45) is 5.14. The summed E-state index contributed by atoms with van der Waals surface area (Å²) in [4.78, 5) is 23.4. The fourth-order valence-electron chi connectivity index (χ4n) is 2.69. The van der Waals surface area contributed by atoms with Gasteiger partial charge in [0.25, 0.3) is 0 Å². The maximum Gasteiger partial charge on any atom is 0.307 e. The van der Waals surface area contributed by atoms with Crippen molar-refractivity contribution < 1.29 is 14.6 Å². The van der Waals surface area contributed by atoms with Crippen LogP contribution in [0, 0.1) is 5.92 Å². The molecule has 0 amide bonds. The van der Waals surface area contributed by atoms with Crippen LogP contribution in [0.1, 0.15) is 31.5 Å². The van der Waals surface area contributed by atoms with Crippen LogP contribution >= 0.6 is 0 Å². The molecule has 0 radical (unpaired) electrons. The number of hydrogen-bond donors (Lipinski definition) is 2. The minimum Gasteiger partial charge on any atom is -0.481 e. The Hall–Kier alpha value is -2.37. The number of aliphatic carboxylic acids is 1. The van der Waals surface area contributed by atoms with Gasteiger partial charge in [-0.25, -0.2) is 4.98 Å². The van der Waals surface area contributed by atoms with E-state index in [1.807, 2.05) is 25.1 Å². The van der Waals surface area contributed by atoms with Crippen molar-refractivity contribution in [3.63, 3.8) is 0 Å². The Labute approximate surface area is 121 Å². The summed E-state index contributed by atoms with van der Waals surface area (Å²) in [6, 6.07) is 3.64. The van der Waals surface area contributed by atoms with Crippen molar-refractivity contribution in [2.75, 3.05) is 6.61 Å². The first-order valence-corrected chi connectivity index (χ1v) is 7.06. The van der Waals surface area contributed by atoms with Crippen LogP contribution in [0.2, 0.25) is 0 Å². The number of carboxylic acid groups (broad SMARTS) is 1. The second kappa shape index (κ2) is 5.55. The maximum absolute atomic E-state index is 11.4. The molecule has 0 aromatic carbocycles. The number of pyridine rings is 1. The summed E-state index contributed by atoms with van der Waals surface area (Å²) in [5.41, 5.74) is 1.36. The number of nitrogens with zero attached hydrogens (tertiary/aromatic N) is 2. The van der Waals surface area contributed by atoms with E-state index in [9.17, 15) is 9.90 Å². The normalized spacial score (nSPS) is 21.6. The third kappa shape index (κ3) is 2.61. The highest BCUT2D eigenvalue weighted by molar-refractivity contribution is 5.74. The van der Waals surface area contributed by atoms with Gasteiger partial charge in [-0.05, 0) is 25.8 Å². The highest BCUT2D eigenvalue weighted by Crippen LogP contribution is 2.34. The van der Waals surface area contributed by atoms with Crippen molar-refractivity contribution in [3.8, 4) is 5.88 Å². The van der Waals surface area contributed by atoms with Crippen LogP contribution in [-0.4, -0.2) is 32.6 Å². The number of allylic oxidation sites excluding steroid dienone is 2. The quantitative estimate of drug-likeness (QED) is 0.843. The van der Waals surface area contributed by atoms with Crippen LogP contribution < -0.4 is 4.74 Å². The predicted molar refractivity (Wildman–Crippen MR) is 77.3 cm³/mol. The molecule has 0 aliphatic heterocycles. The average Bonchev–Trinajstić information content (AvgIpc) is 2.90. The van der Waals surface area contributed by atoms with Gasteiger partial charge in [0.1, 0.15) is 5.82 Å². The fourth-order valence-corrected chi connectivity index (χ4v) is 2.69. The Morgan fingerprint density at radius 3 is 2.95 bits per heavy atom. The van der Waals surface area contributed by atoms with Gasteiger partial charge in [-0.2, -0.15) is 4.98 Å². The second-order valence-electron chi connectivity index (χ2n) is 5.07. The average molecular weight is 287 g/mol. The minimum absolute atomic E-state index is 0.141. The molecule has 0 saturated heterocycles. The van der Waals surface area contributed by atoms with E-state index in [0.29, 0.717) is 36.8 Å². The molecule has 2 aromatic heterocycles. The number of carbonyl (C=O) groups is 1. The van der Waals surface area contributed by atoms with E-state index >= 15 is 0 Å². The number of imidazole rings is 1. The number of fused-ring (bicyclic) bond motifs is 1. The zero-order valence-electron chi connectivity index (χ0n) is 11.7. The molecule has 2 N–H and O–H groups in total. The van der Waals surface area contributed by atoms with Crippen molar-refractivity contribution >= 4 is 17.1 Å². The van der Waals surface area contributed by atoms with E-state index in [2.05, 4.69) is 15.0 Å². The highest BCUT2D eigenvalue weighted by atomic mass is 16.5. The van der Waals surface area contributed by atoms with Gasteiger partial charge in [0.15, 0.2) is 5.65 Å². The molecule has 0 fully saturated rings. The summed E-state index contributed by atoms with van der Waals surface area (Å²) in [7, 11) is 0. The number of H-pyrrole nitrogens is 1. The number of carboxylic acids is 1. The van der Waals surface area contributed by atoms with Crippen molar-refractivity contribution in [2.45, 2.75) is 25.7 Å². The number of nitrogens with one attached hydrogen (secondary N) is 1. The molecule has 1 aliphatic rings. The van der Waals surface area contributed by atoms with Gasteiger partial charge in [0.2, 0.25) is 5.88 Å². The maximum atomic E-state index is 11.4. The molecular formula is C15H17N3O3. The van der Waals surface area contributed by atoms with Crippen LogP contribution in [-0.2, 0) is 4.79 Å². The van der Waals surface area contributed by atoms with Crippen LogP contribution in [0.15, 0.2) is 24.3 Å². The molecule has 110 valence electrons. The molecule has 2 aromatic rings. The molecule has 1 aliphatic carbocycles. The third-order valence-corrected chi connectivity index (χ3v) is 3.73. The van der Waals surface area contributed by atoms with Gasteiger partial charge in [0.05, 0.1) is 18.0 Å². The first-order valence-electron chi connectivity index (χ1n) is 7.06. The number of aromatic amines is 1. The Morgan fingerprint density at radius 2 is 2.19 bits per heavy atom. The van der Waals surface area contributed by atoms with Gasteiger partial charge in [0, 0.05) is 12.0 Å². The van der Waals surface area contributed by atoms with E-state index in [0.717, 1.165) is 5.52 Å². The van der Waals surface area contributed by atoms with Crippen molar-refractivity contribution in [3.05, 3.63) is 30.1 Å². The summed E-state index contributed by atoms with van der Waals surface area (Å²) >= 11 is 0. The van der Waals surface area contributed by atoms with E-state index in [1.165, 1.54) is 0 Å². The van der Waals surface area contributed by atoms with Gasteiger partial charge in [-0.3, -0.25) is 4.79 Å². The monoisotopic (exact) mass is 287 g/mol. The van der Waals surface area contributed by atoms with Crippen molar-refractivity contribution in [1.82, 2.24) is 15.0 Å². The van der Waals surface area contributed by atoms with Gasteiger partial charge in [-0.15, -0.1) is 0 Å². The topological polar surface area (TPSA) is 88.1 Å². The largest absolute Gasteiger partial charge is 0.481 e. The smallest absolute Gasteiger partial charge is 0.307 e. The summed E-state index contributed by atoms with van der Waals surface area (Å²) < 4.78 is 5.36. The molecule has 21 heavy (non-hydrogen) atoms. The number of ether oxygens (including phenoxy) is 1. The highest BCUT2D eigenvalue weighted by Gasteiger charge is 2.32. The van der Waals surface area contributed by atoms with Crippen molar-refractivity contribution in [1.29, 1.82) is 0 Å². The van der Waals surface area contributed by atoms with E-state index in [1.54, 1.807) is 6.07 Å². The lowest BCUT2D eigenvalue weighted by atomic mass is 9.82. The molecule has 6 heteroatoms. The molecule has 6 nitrogen and oxygen atoms in total. The summed E-state index contributed by atoms with van der Waals surface area (Å²) in [5, 5.41) is 9.35. The lowest BCUT2D eigenvalue weighted by Gasteiger charge is -2.23. The van der Waals surface area contributed by atoms with Gasteiger partial charge in [-0.1, -0.05) is 12.2 Å². The van der Waals surface area contributed by atoms with Crippen LogP contribution in [0.3, 0.4) is 0 Å². The Morgan fingerprint density at radius 1 is 1.38 bits per heavy atom. The zero-order valence-corrected chi connectivity index (χ0v) is 11.7. The van der Waals surface area contributed by atoms with Gasteiger partial charge < -0.3 is 14.8 Å². The molecule has 0 saturated carbocycles. The second-order valence-corrected chi connectivity index (χ2v) is 5.07. The molecule has 0 bridgehead atoms. The standard InChI is InChI=1S/C15H17N3O3/c1-2-21-12-8-7-11-14(17-12)18-13(16-11)9-5-3-4-6-10(9)15(19)20/h3-4,7-10H,2,5-6H2,1H3,(H,19,20)(H,16,17,18)/t9-,10+/m1/s1. The van der Waals surface area contributed by atoms with Crippen LogP contribution in [0.25, 0.3) is 11.2 Å².